The summed E-state index contributed by atoms with van der Waals surface area (Å²) in [5, 5.41) is 10.3. The van der Waals surface area contributed by atoms with Gasteiger partial charge in [-0.25, -0.2) is 0 Å². The first-order valence-electron chi connectivity index (χ1n) is 14.7. The Bertz CT molecular complexity index is 1090. The van der Waals surface area contributed by atoms with Crippen LogP contribution < -0.4 is 0 Å². The summed E-state index contributed by atoms with van der Waals surface area (Å²) in [6.45, 7) is 15.5. The molecule has 3 aliphatic heterocycles. The third-order valence-corrected chi connectivity index (χ3v) is 11.2. The molecule has 3 unspecified atom stereocenters. The summed E-state index contributed by atoms with van der Waals surface area (Å²) in [6, 6.07) is 8.66. The van der Waals surface area contributed by atoms with Gasteiger partial charge in [-0.3, -0.25) is 14.4 Å². The maximum Gasteiger partial charge on any atom is 0.247 e. The van der Waals surface area contributed by atoms with Crippen molar-refractivity contribution in [2.45, 2.75) is 75.1 Å². The topological polar surface area (TPSA) is 81.2 Å². The van der Waals surface area contributed by atoms with E-state index in [0.717, 1.165) is 24.8 Å². The van der Waals surface area contributed by atoms with E-state index in [-0.39, 0.29) is 35.5 Å². The van der Waals surface area contributed by atoms with E-state index in [4.69, 9.17) is 0 Å². The van der Waals surface area contributed by atoms with Crippen molar-refractivity contribution in [1.82, 2.24) is 14.7 Å². The highest BCUT2D eigenvalue weighted by atomic mass is 32.2. The number of amides is 3. The van der Waals surface area contributed by atoms with Crippen molar-refractivity contribution < 1.29 is 19.5 Å². The van der Waals surface area contributed by atoms with E-state index in [0.29, 0.717) is 32.6 Å². The zero-order chi connectivity index (χ0) is 29.0. The normalized spacial score (nSPS) is 29.2. The molecular weight excluding hydrogens is 522 g/mol. The average Bonchev–Trinajstić information content (AvgIpc) is 3.55. The molecule has 1 N–H and O–H groups in total. The van der Waals surface area contributed by atoms with Crippen molar-refractivity contribution in [2.24, 2.45) is 17.8 Å². The molecule has 3 amide bonds. The Morgan fingerprint density at radius 2 is 1.82 bits per heavy atom. The van der Waals surface area contributed by atoms with Crippen LogP contribution in [-0.2, 0) is 20.9 Å². The molecule has 8 heteroatoms. The lowest BCUT2D eigenvalue weighted by Crippen LogP contribution is -2.59. The average molecular weight is 568 g/mol. The van der Waals surface area contributed by atoms with Crippen LogP contribution in [0.15, 0.2) is 55.6 Å². The summed E-state index contributed by atoms with van der Waals surface area (Å²) in [5.41, 5.74) is 1.02. The summed E-state index contributed by atoms with van der Waals surface area (Å²) in [7, 11) is 0. The number of likely N-dealkylation sites (tertiary alicyclic amines) is 1. The van der Waals surface area contributed by atoms with Crippen LogP contribution in [0, 0.1) is 17.8 Å². The van der Waals surface area contributed by atoms with Gasteiger partial charge >= 0.3 is 0 Å². The molecule has 0 aliphatic carbocycles. The zero-order valence-corrected chi connectivity index (χ0v) is 25.0. The fraction of sp³-hybridized carbons (Fsp3) is 0.594. The Kier molecular flexibility index (Phi) is 9.83. The number of thioether (sulfide) groups is 1. The maximum absolute atomic E-state index is 14.5. The number of hydrogen-bond donors (Lipinski definition) is 1. The second-order valence-electron chi connectivity index (χ2n) is 11.5. The Balaban J connectivity index is 1.76. The molecule has 3 saturated heterocycles. The van der Waals surface area contributed by atoms with E-state index < -0.39 is 28.7 Å². The smallest absolute Gasteiger partial charge is 0.247 e. The van der Waals surface area contributed by atoms with E-state index in [9.17, 15) is 19.5 Å². The summed E-state index contributed by atoms with van der Waals surface area (Å²) >= 11 is 1.69. The molecular formula is C32H45N3O4S. The minimum atomic E-state index is -0.719. The molecule has 218 valence electrons. The number of aliphatic hydroxyl groups excluding tert-OH is 1. The summed E-state index contributed by atoms with van der Waals surface area (Å²) in [6.07, 6.45) is 6.58. The number of fused-ring (bicyclic) bond motifs is 1. The lowest BCUT2D eigenvalue weighted by Gasteiger charge is -2.42. The standard InChI is InChI=1S/C32H45N3O4S/c1-6-10-18-33(16-7-2)31(39)28-32-22(5)19-25(40-32)26(27(32)30(38)35(28)24(9-4)21-36)29(37)34(17-8-3)20-23-14-12-11-13-15-23/h7-8,11-15,22,24-28,36H,2-3,6,9-10,16-21H2,1,4-5H3/t22?,24-,25+,26-,27-,28?,32?/m0/s1. The van der Waals surface area contributed by atoms with E-state index in [1.165, 1.54) is 0 Å². The second-order valence-corrected chi connectivity index (χ2v) is 13.0. The molecule has 3 heterocycles. The Hall–Kier alpha value is -2.58. The lowest BCUT2D eigenvalue weighted by atomic mass is 9.65. The van der Waals surface area contributed by atoms with Crippen molar-refractivity contribution in [1.29, 1.82) is 0 Å². The van der Waals surface area contributed by atoms with Gasteiger partial charge in [0, 0.05) is 31.4 Å². The minimum Gasteiger partial charge on any atom is -0.394 e. The molecule has 3 aliphatic rings. The molecule has 0 radical (unpaired) electrons. The van der Waals surface area contributed by atoms with Crippen LogP contribution in [0.1, 0.15) is 52.0 Å². The largest absolute Gasteiger partial charge is 0.394 e. The molecule has 2 bridgehead atoms. The number of benzene rings is 1. The fourth-order valence-electron chi connectivity index (χ4n) is 7.20. The van der Waals surface area contributed by atoms with Crippen LogP contribution in [0.4, 0.5) is 0 Å². The number of carbonyl (C=O) groups excluding carboxylic acids is 3. The molecule has 0 saturated carbocycles. The monoisotopic (exact) mass is 567 g/mol. The lowest BCUT2D eigenvalue weighted by molar-refractivity contribution is -0.147. The highest BCUT2D eigenvalue weighted by Gasteiger charge is 2.76. The van der Waals surface area contributed by atoms with Gasteiger partial charge in [0.15, 0.2) is 0 Å². The maximum atomic E-state index is 14.5. The predicted octanol–water partition coefficient (Wildman–Crippen LogP) is 4.12. The minimum absolute atomic E-state index is 0.0327. The first-order valence-corrected chi connectivity index (χ1v) is 15.6. The number of aliphatic hydroxyl groups is 1. The third-order valence-electron chi connectivity index (χ3n) is 9.10. The first-order chi connectivity index (χ1) is 19.3. The van der Waals surface area contributed by atoms with Gasteiger partial charge in [0.2, 0.25) is 17.7 Å². The highest BCUT2D eigenvalue weighted by molar-refractivity contribution is 8.02. The van der Waals surface area contributed by atoms with Crippen molar-refractivity contribution in [3.8, 4) is 0 Å². The molecule has 1 aromatic rings. The van der Waals surface area contributed by atoms with Gasteiger partial charge < -0.3 is 19.8 Å². The molecule has 7 atom stereocenters. The first kappa shape index (κ1) is 30.4. The van der Waals surface area contributed by atoms with Crippen LogP contribution in [0.3, 0.4) is 0 Å². The van der Waals surface area contributed by atoms with Crippen molar-refractivity contribution in [3.63, 3.8) is 0 Å². The predicted molar refractivity (Wildman–Crippen MR) is 160 cm³/mol. The van der Waals surface area contributed by atoms with Gasteiger partial charge in [0.25, 0.3) is 0 Å². The molecule has 4 rings (SSSR count). The number of hydrogen-bond acceptors (Lipinski definition) is 5. The van der Waals surface area contributed by atoms with Gasteiger partial charge in [-0.2, -0.15) is 0 Å². The van der Waals surface area contributed by atoms with E-state index >= 15 is 0 Å². The summed E-state index contributed by atoms with van der Waals surface area (Å²) in [4.78, 5) is 48.5. The van der Waals surface area contributed by atoms with Gasteiger partial charge in [-0.05, 0) is 30.7 Å². The molecule has 1 aromatic carbocycles. The van der Waals surface area contributed by atoms with Crippen molar-refractivity contribution in [3.05, 3.63) is 61.2 Å². The zero-order valence-electron chi connectivity index (χ0n) is 24.2. The summed E-state index contributed by atoms with van der Waals surface area (Å²) < 4.78 is -0.708. The molecule has 1 spiro atoms. The van der Waals surface area contributed by atoms with E-state index in [1.807, 2.05) is 42.2 Å². The van der Waals surface area contributed by atoms with Crippen molar-refractivity contribution >= 4 is 29.5 Å². The number of carbonyl (C=O) groups is 3. The molecule has 7 nitrogen and oxygen atoms in total. The van der Waals surface area contributed by atoms with Crippen LogP contribution in [-0.4, -0.2) is 85.8 Å². The van der Waals surface area contributed by atoms with Gasteiger partial charge in [0.1, 0.15) is 6.04 Å². The highest BCUT2D eigenvalue weighted by Crippen LogP contribution is 2.69. The van der Waals surface area contributed by atoms with Gasteiger partial charge in [-0.15, -0.1) is 24.9 Å². The second kappa shape index (κ2) is 12.9. The van der Waals surface area contributed by atoms with Gasteiger partial charge in [-0.1, -0.05) is 69.7 Å². The summed E-state index contributed by atoms with van der Waals surface area (Å²) in [5.74, 6) is -1.34. The van der Waals surface area contributed by atoms with Gasteiger partial charge in [0.05, 0.1) is 29.2 Å². The van der Waals surface area contributed by atoms with Crippen molar-refractivity contribution in [2.75, 3.05) is 26.2 Å². The molecule has 0 aromatic heterocycles. The van der Waals surface area contributed by atoms with Crippen LogP contribution in [0.25, 0.3) is 0 Å². The van der Waals surface area contributed by atoms with Crippen LogP contribution in [0.2, 0.25) is 0 Å². The van der Waals surface area contributed by atoms with Crippen LogP contribution in [0.5, 0.6) is 0 Å². The third kappa shape index (κ3) is 5.13. The van der Waals surface area contributed by atoms with E-state index in [1.54, 1.807) is 33.7 Å². The fourth-order valence-corrected chi connectivity index (χ4v) is 9.60. The number of nitrogens with zero attached hydrogens (tertiary/aromatic N) is 3. The quantitative estimate of drug-likeness (QED) is 0.342. The molecule has 3 fully saturated rings. The number of unbranched alkanes of at least 4 members (excludes halogenated alkanes) is 1. The number of rotatable bonds is 14. The molecule has 40 heavy (non-hydrogen) atoms. The Labute approximate surface area is 243 Å². The van der Waals surface area contributed by atoms with Crippen LogP contribution >= 0.6 is 11.8 Å². The van der Waals surface area contributed by atoms with E-state index in [2.05, 4.69) is 27.0 Å². The Morgan fingerprint density at radius 1 is 1.15 bits per heavy atom. The Morgan fingerprint density at radius 3 is 2.42 bits per heavy atom. The SMILES string of the molecule is C=CCN(CCCC)C(=O)C1N([C@@H](CC)CO)C(=O)[C@@H]2[C@@H](C(=O)N(CC=C)Cc3ccccc3)[C@H]3CC(C)C12S3.